The molecule has 0 radical (unpaired) electrons. The molecule has 0 saturated carbocycles. The van der Waals surface area contributed by atoms with Crippen LogP contribution in [-0.4, -0.2) is 45.7 Å². The van der Waals surface area contributed by atoms with Crippen molar-refractivity contribution in [3.05, 3.63) is 48.3 Å². The van der Waals surface area contributed by atoms with E-state index in [9.17, 15) is 35.9 Å². The van der Waals surface area contributed by atoms with Gasteiger partial charge in [0.25, 0.3) is 5.91 Å². The molecule has 4 rings (SSSR count). The molecule has 8 nitrogen and oxygen atoms in total. The van der Waals surface area contributed by atoms with Crippen LogP contribution in [0.1, 0.15) is 10.5 Å². The van der Waals surface area contributed by atoms with Crippen LogP contribution in [0.25, 0.3) is 22.5 Å². The molecular formula is C20H12F6N4O4. The van der Waals surface area contributed by atoms with E-state index in [-0.39, 0.29) is 35.7 Å². The van der Waals surface area contributed by atoms with Crippen molar-refractivity contribution in [1.29, 1.82) is 0 Å². The van der Waals surface area contributed by atoms with Gasteiger partial charge in [0, 0.05) is 23.9 Å². The number of pyridine rings is 1. The van der Waals surface area contributed by atoms with E-state index in [1.165, 1.54) is 30.5 Å². The Kier molecular flexibility index (Phi) is 5.67. The Bertz CT molecular complexity index is 1250. The zero-order chi connectivity index (χ0) is 24.7. The van der Waals surface area contributed by atoms with E-state index in [0.29, 0.717) is 5.56 Å². The topological polar surface area (TPSA) is 95.3 Å². The predicted octanol–water partition coefficient (Wildman–Crippen LogP) is 3.72. The van der Waals surface area contributed by atoms with Crippen LogP contribution in [0.15, 0.2) is 42.6 Å². The van der Waals surface area contributed by atoms with Crippen LogP contribution in [0.5, 0.6) is 11.5 Å². The Balaban J connectivity index is 1.73. The first-order valence-electron chi connectivity index (χ1n) is 9.43. The second-order valence-corrected chi connectivity index (χ2v) is 6.89. The van der Waals surface area contributed by atoms with E-state index in [1.807, 2.05) is 0 Å². The van der Waals surface area contributed by atoms with E-state index in [2.05, 4.69) is 24.9 Å². The molecule has 0 bridgehead atoms. The summed E-state index contributed by atoms with van der Waals surface area (Å²) in [4.78, 5) is 27.9. The summed E-state index contributed by atoms with van der Waals surface area (Å²) in [5.74, 6) is -4.44. The molecule has 3 heterocycles. The quantitative estimate of drug-likeness (QED) is 0.446. The van der Waals surface area contributed by atoms with Gasteiger partial charge in [-0.2, -0.15) is 18.3 Å². The van der Waals surface area contributed by atoms with Gasteiger partial charge < -0.3 is 14.8 Å². The van der Waals surface area contributed by atoms with Gasteiger partial charge in [0.2, 0.25) is 0 Å². The normalized spacial score (nSPS) is 13.8. The second-order valence-electron chi connectivity index (χ2n) is 6.89. The summed E-state index contributed by atoms with van der Waals surface area (Å²) in [6, 6.07) is 7.45. The third kappa shape index (κ3) is 4.79. The summed E-state index contributed by atoms with van der Waals surface area (Å²) < 4.78 is 85.0. The molecule has 1 N–H and O–H groups in total. The fourth-order valence-electron chi connectivity index (χ4n) is 3.19. The number of hydrogen-bond donors (Lipinski definition) is 1. The van der Waals surface area contributed by atoms with Crippen molar-refractivity contribution in [2.75, 3.05) is 6.54 Å². The smallest absolute Gasteiger partial charge is 0.415 e. The van der Waals surface area contributed by atoms with Crippen molar-refractivity contribution in [3.8, 4) is 34.0 Å². The number of nitrogens with zero attached hydrogens (tertiary/aromatic N) is 3. The summed E-state index contributed by atoms with van der Waals surface area (Å²) in [5, 5.41) is 6.57. The molecule has 2 aromatic heterocycles. The molecule has 0 spiro atoms. The Morgan fingerprint density at radius 2 is 1.74 bits per heavy atom. The summed E-state index contributed by atoms with van der Waals surface area (Å²) in [5.41, 5.74) is 0.156. The van der Waals surface area contributed by atoms with Crippen molar-refractivity contribution in [2.45, 2.75) is 19.1 Å². The molecule has 34 heavy (non-hydrogen) atoms. The number of hydrogen-bond acceptors (Lipinski definition) is 6. The average Bonchev–Trinajstić information content (AvgIpc) is 3.12. The lowest BCUT2D eigenvalue weighted by Gasteiger charge is -2.15. The van der Waals surface area contributed by atoms with Crippen molar-refractivity contribution < 1.29 is 45.4 Å². The van der Waals surface area contributed by atoms with Crippen LogP contribution in [-0.2, 0) is 11.3 Å². The first-order valence-corrected chi connectivity index (χ1v) is 9.43. The molecule has 0 atom stereocenters. The Labute approximate surface area is 186 Å². The largest absolute Gasteiger partial charge is 0.573 e. The van der Waals surface area contributed by atoms with E-state index in [0.717, 1.165) is 16.8 Å². The predicted molar refractivity (Wildman–Crippen MR) is 102 cm³/mol. The molecule has 0 unspecified atom stereocenters. The minimum absolute atomic E-state index is 0.121. The number of rotatable bonds is 4. The first-order chi connectivity index (χ1) is 15.9. The fourth-order valence-corrected chi connectivity index (χ4v) is 3.19. The highest BCUT2D eigenvalue weighted by atomic mass is 19.4. The summed E-state index contributed by atoms with van der Waals surface area (Å²) in [6.07, 6.45) is -8.91. The third-order valence-corrected chi connectivity index (χ3v) is 4.58. The summed E-state index contributed by atoms with van der Waals surface area (Å²) >= 11 is 0. The minimum atomic E-state index is -5.32. The van der Waals surface area contributed by atoms with Crippen LogP contribution < -0.4 is 14.8 Å². The van der Waals surface area contributed by atoms with Gasteiger partial charge in [0.05, 0.1) is 12.2 Å². The van der Waals surface area contributed by atoms with Gasteiger partial charge in [0.1, 0.15) is 11.4 Å². The van der Waals surface area contributed by atoms with Gasteiger partial charge in [-0.25, -0.2) is 4.79 Å². The van der Waals surface area contributed by atoms with E-state index < -0.39 is 35.9 Å². The van der Waals surface area contributed by atoms with E-state index in [1.54, 1.807) is 0 Å². The van der Waals surface area contributed by atoms with Crippen molar-refractivity contribution >= 4 is 11.9 Å². The van der Waals surface area contributed by atoms with Gasteiger partial charge in [0.15, 0.2) is 11.4 Å². The molecule has 1 aromatic carbocycles. The maximum Gasteiger partial charge on any atom is 0.573 e. The molecule has 0 fully saturated rings. The van der Waals surface area contributed by atoms with Crippen molar-refractivity contribution in [2.24, 2.45) is 0 Å². The molecule has 14 heteroatoms. The standard InChI is InChI=1S/C20H12F6N4O4/c21-19(22,23)18(32)33-16-14(29-30-8-7-28-17(31)15(16)30)11-5-6-27-13(9-11)10-1-3-12(4-2-10)34-20(24,25)26/h1-6,9H,7-8H2,(H,28,31). The van der Waals surface area contributed by atoms with Gasteiger partial charge in [-0.15, -0.1) is 13.2 Å². The number of esters is 1. The molecule has 1 amide bonds. The van der Waals surface area contributed by atoms with Crippen molar-refractivity contribution in [3.63, 3.8) is 0 Å². The average molecular weight is 486 g/mol. The number of ether oxygens (including phenoxy) is 2. The number of carbonyl (C=O) groups excluding carboxylic acids is 2. The van der Waals surface area contributed by atoms with Crippen LogP contribution >= 0.6 is 0 Å². The van der Waals surface area contributed by atoms with E-state index in [4.69, 9.17) is 0 Å². The maximum absolute atomic E-state index is 12.8. The van der Waals surface area contributed by atoms with Crippen LogP contribution in [0.3, 0.4) is 0 Å². The Hall–Kier alpha value is -4.10. The first kappa shape index (κ1) is 23.1. The highest BCUT2D eigenvalue weighted by Crippen LogP contribution is 2.36. The zero-order valence-electron chi connectivity index (χ0n) is 16.7. The third-order valence-electron chi connectivity index (χ3n) is 4.58. The maximum atomic E-state index is 12.8. The molecule has 1 aliphatic rings. The minimum Gasteiger partial charge on any atom is -0.415 e. The van der Waals surface area contributed by atoms with Gasteiger partial charge in [-0.1, -0.05) is 0 Å². The van der Waals surface area contributed by atoms with Gasteiger partial charge in [-0.3, -0.25) is 14.5 Å². The fraction of sp³-hybridized carbons (Fsp3) is 0.200. The molecule has 178 valence electrons. The van der Waals surface area contributed by atoms with E-state index >= 15 is 0 Å². The lowest BCUT2D eigenvalue weighted by Crippen LogP contribution is -2.36. The number of benzene rings is 1. The Morgan fingerprint density at radius 3 is 2.38 bits per heavy atom. The number of fused-ring (bicyclic) bond motifs is 1. The number of nitrogens with one attached hydrogen (secondary N) is 1. The van der Waals surface area contributed by atoms with Crippen LogP contribution in [0, 0.1) is 0 Å². The number of amides is 1. The summed E-state index contributed by atoms with van der Waals surface area (Å²) in [6.45, 7) is 0.282. The summed E-state index contributed by atoms with van der Waals surface area (Å²) in [7, 11) is 0. The lowest BCUT2D eigenvalue weighted by molar-refractivity contribution is -0.274. The van der Waals surface area contributed by atoms with Crippen molar-refractivity contribution in [1.82, 2.24) is 20.1 Å². The van der Waals surface area contributed by atoms with Gasteiger partial charge >= 0.3 is 18.5 Å². The number of alkyl halides is 6. The highest BCUT2D eigenvalue weighted by molar-refractivity contribution is 5.99. The number of carbonyl (C=O) groups is 2. The van der Waals surface area contributed by atoms with Crippen LogP contribution in [0.4, 0.5) is 26.3 Å². The molecule has 0 aliphatic carbocycles. The molecule has 3 aromatic rings. The Morgan fingerprint density at radius 1 is 1.03 bits per heavy atom. The monoisotopic (exact) mass is 486 g/mol. The van der Waals surface area contributed by atoms with Gasteiger partial charge in [-0.05, 0) is 36.4 Å². The molecular weight excluding hydrogens is 474 g/mol. The SMILES string of the molecule is O=C1NCCn2nc(-c3ccnc(-c4ccc(OC(F)(F)F)cc4)c3)c(OC(=O)C(F)(F)F)c21. The zero-order valence-corrected chi connectivity index (χ0v) is 16.7. The number of aromatic nitrogens is 3. The highest BCUT2D eigenvalue weighted by Gasteiger charge is 2.43. The van der Waals surface area contributed by atoms with Crippen LogP contribution in [0.2, 0.25) is 0 Å². The lowest BCUT2D eigenvalue weighted by atomic mass is 10.1. The number of halogens is 6. The molecule has 1 aliphatic heterocycles. The molecule has 0 saturated heterocycles. The second kappa shape index (κ2) is 8.35.